The van der Waals surface area contributed by atoms with Crippen molar-refractivity contribution >= 4 is 11.9 Å². The Morgan fingerprint density at radius 3 is 2.79 bits per heavy atom. The van der Waals surface area contributed by atoms with Gasteiger partial charge in [-0.3, -0.25) is 9.89 Å². The van der Waals surface area contributed by atoms with Gasteiger partial charge in [-0.05, 0) is 26.2 Å². The fraction of sp³-hybridized carbons (Fsp3) is 0.789. The van der Waals surface area contributed by atoms with Gasteiger partial charge in [0.2, 0.25) is 0 Å². The summed E-state index contributed by atoms with van der Waals surface area (Å²) in [6.07, 6.45) is 11.3. The molecule has 0 bridgehead atoms. The van der Waals surface area contributed by atoms with Crippen molar-refractivity contribution in [3.05, 3.63) is 11.3 Å². The zero-order valence-corrected chi connectivity index (χ0v) is 15.4. The first-order chi connectivity index (χ1) is 11.7. The van der Waals surface area contributed by atoms with Crippen LogP contribution in [0.15, 0.2) is 11.3 Å². The topological polar surface area (TPSA) is 53.4 Å². The number of carbonyl (C=O) groups is 1. The summed E-state index contributed by atoms with van der Waals surface area (Å²) < 4.78 is 7.40. The van der Waals surface area contributed by atoms with Crippen LogP contribution in [-0.4, -0.2) is 41.7 Å². The second kappa shape index (κ2) is 7.58. The summed E-state index contributed by atoms with van der Waals surface area (Å²) in [6.45, 7) is 4.25. The molecule has 0 aromatic rings. The minimum atomic E-state index is -0.192. The van der Waals surface area contributed by atoms with Crippen LogP contribution in [0, 0.1) is 0 Å². The van der Waals surface area contributed by atoms with Gasteiger partial charge < -0.3 is 4.74 Å². The van der Waals surface area contributed by atoms with Gasteiger partial charge in [-0.25, -0.2) is 10.1 Å². The number of esters is 1. The van der Waals surface area contributed by atoms with Crippen LogP contribution < -0.4 is 10.6 Å². The molecule has 3 atom stereocenters. The molecule has 5 nitrogen and oxygen atoms in total. The van der Waals surface area contributed by atoms with E-state index in [1.165, 1.54) is 52.1 Å². The molecule has 0 spiro atoms. The van der Waals surface area contributed by atoms with E-state index in [1.807, 2.05) is 6.92 Å². The number of rotatable bonds is 7. The van der Waals surface area contributed by atoms with E-state index in [1.54, 1.807) is 0 Å². The molecule has 1 fully saturated rings. The smallest absolute Gasteiger partial charge is 0.351 e. The van der Waals surface area contributed by atoms with Crippen molar-refractivity contribution in [1.29, 1.82) is 0 Å². The van der Waals surface area contributed by atoms with Crippen LogP contribution in [0.25, 0.3) is 0 Å². The molecule has 134 valence electrons. The Hall–Kier alpha value is -1.52. The number of hydrogen-bond acceptors (Lipinski definition) is 4. The van der Waals surface area contributed by atoms with Crippen molar-refractivity contribution in [3.8, 4) is 0 Å². The van der Waals surface area contributed by atoms with E-state index < -0.39 is 0 Å². The van der Waals surface area contributed by atoms with Gasteiger partial charge in [-0.2, -0.15) is 0 Å². The van der Waals surface area contributed by atoms with E-state index in [-0.39, 0.29) is 12.0 Å². The zero-order chi connectivity index (χ0) is 17.1. The number of allylic oxidation sites excluding steroid dienone is 1. The molecule has 0 aromatic carbocycles. The molecule has 24 heavy (non-hydrogen) atoms. The molecule has 1 saturated heterocycles. The molecule has 3 aliphatic heterocycles. The van der Waals surface area contributed by atoms with E-state index in [9.17, 15) is 4.79 Å². The Bertz CT molecular complexity index is 553. The molecule has 0 aromatic heterocycles. The minimum absolute atomic E-state index is 0.178. The number of nitrogens with zero attached hydrogens (tertiary/aromatic N) is 1. The lowest BCUT2D eigenvalue weighted by Gasteiger charge is -2.33. The van der Waals surface area contributed by atoms with Gasteiger partial charge in [0.05, 0.1) is 24.9 Å². The SMILES string of the molecule is CCCCCCC[C@@H]1C[C@@H]2CC[C@H]3C(C(=O)OC)=C(C)NC(=[N+]23)N1. The molecular weight excluding hydrogens is 302 g/mol. The second-order valence-electron chi connectivity index (χ2n) is 7.44. The quantitative estimate of drug-likeness (QED) is 0.427. The second-order valence-corrected chi connectivity index (χ2v) is 7.44. The summed E-state index contributed by atoms with van der Waals surface area (Å²) >= 11 is 0. The Morgan fingerprint density at radius 1 is 1.25 bits per heavy atom. The molecule has 0 amide bonds. The number of ether oxygens (including phenoxy) is 1. The van der Waals surface area contributed by atoms with Crippen molar-refractivity contribution in [2.24, 2.45) is 0 Å². The summed E-state index contributed by atoms with van der Waals surface area (Å²) in [6, 6.07) is 1.28. The van der Waals surface area contributed by atoms with E-state index in [0.717, 1.165) is 30.1 Å². The highest BCUT2D eigenvalue weighted by molar-refractivity contribution is 5.93. The standard InChI is InChI=1S/C19H31N3O2/c1-4-5-6-7-8-9-14-12-15-10-11-16-17(18(23)24-3)13(2)20-19(21-14)22(15)16/h14-16H,4-12H2,1-3H3,(H,20,21,23)/p+1/t14-,15+,16+/m1/s1. The van der Waals surface area contributed by atoms with Gasteiger partial charge in [-0.15, -0.1) is 0 Å². The van der Waals surface area contributed by atoms with Crippen LogP contribution in [0.1, 0.15) is 71.6 Å². The molecule has 0 aliphatic carbocycles. The fourth-order valence-electron chi connectivity index (χ4n) is 4.57. The number of guanidine groups is 1. The van der Waals surface area contributed by atoms with Crippen LogP contribution in [0.2, 0.25) is 0 Å². The molecule has 3 rings (SSSR count). The maximum absolute atomic E-state index is 12.2. The number of hydrogen-bond donors (Lipinski definition) is 2. The molecular formula is C19H32N3O2+. The minimum Gasteiger partial charge on any atom is -0.465 e. The number of methoxy groups -OCH3 is 1. The van der Waals surface area contributed by atoms with Gasteiger partial charge in [0.25, 0.3) is 0 Å². The fourth-order valence-corrected chi connectivity index (χ4v) is 4.57. The molecule has 2 N–H and O–H groups in total. The third-order valence-corrected chi connectivity index (χ3v) is 5.76. The molecule has 0 unspecified atom stereocenters. The molecule has 3 aliphatic rings. The summed E-state index contributed by atoms with van der Waals surface area (Å²) in [5, 5.41) is 7.14. The summed E-state index contributed by atoms with van der Waals surface area (Å²) in [7, 11) is 1.47. The first-order valence-electron chi connectivity index (χ1n) is 9.63. The van der Waals surface area contributed by atoms with Crippen molar-refractivity contribution in [1.82, 2.24) is 10.6 Å². The van der Waals surface area contributed by atoms with Crippen molar-refractivity contribution in [2.75, 3.05) is 7.11 Å². The number of nitrogens with one attached hydrogen (secondary N) is 2. The largest absolute Gasteiger partial charge is 0.465 e. The maximum atomic E-state index is 12.2. The maximum Gasteiger partial charge on any atom is 0.351 e. The Morgan fingerprint density at radius 2 is 2.04 bits per heavy atom. The molecule has 0 radical (unpaired) electrons. The molecule has 0 saturated carbocycles. The lowest BCUT2D eigenvalue weighted by Crippen LogP contribution is -2.59. The van der Waals surface area contributed by atoms with Gasteiger partial charge in [0, 0.05) is 6.42 Å². The van der Waals surface area contributed by atoms with E-state index >= 15 is 0 Å². The molecule has 3 heterocycles. The molecule has 5 heteroatoms. The highest BCUT2D eigenvalue weighted by atomic mass is 16.5. The van der Waals surface area contributed by atoms with E-state index in [4.69, 9.17) is 4.74 Å². The van der Waals surface area contributed by atoms with Gasteiger partial charge in [0.1, 0.15) is 11.6 Å². The predicted octanol–water partition coefficient (Wildman–Crippen LogP) is 2.66. The third kappa shape index (κ3) is 3.31. The number of unbranched alkanes of at least 4 members (excludes halogenated alkanes) is 4. The van der Waals surface area contributed by atoms with Crippen molar-refractivity contribution in [3.63, 3.8) is 0 Å². The van der Waals surface area contributed by atoms with Gasteiger partial charge in [0.15, 0.2) is 0 Å². The van der Waals surface area contributed by atoms with Crippen LogP contribution in [0.5, 0.6) is 0 Å². The zero-order valence-electron chi connectivity index (χ0n) is 15.4. The number of carbonyl (C=O) groups excluding carboxylic acids is 1. The highest BCUT2D eigenvalue weighted by Crippen LogP contribution is 2.34. The summed E-state index contributed by atoms with van der Waals surface area (Å²) in [5.41, 5.74) is 1.75. The lowest BCUT2D eigenvalue weighted by molar-refractivity contribution is -0.580. The Kier molecular flexibility index (Phi) is 5.47. The van der Waals surface area contributed by atoms with Gasteiger partial charge >= 0.3 is 11.9 Å². The first kappa shape index (κ1) is 17.3. The average Bonchev–Trinajstić information content (AvgIpc) is 2.99. The third-order valence-electron chi connectivity index (χ3n) is 5.76. The first-order valence-corrected chi connectivity index (χ1v) is 9.63. The summed E-state index contributed by atoms with van der Waals surface area (Å²) in [5.74, 6) is 0.917. The Labute approximate surface area is 145 Å². The Balaban J connectivity index is 1.64. The van der Waals surface area contributed by atoms with E-state index in [2.05, 4.69) is 22.1 Å². The predicted molar refractivity (Wildman–Crippen MR) is 94.8 cm³/mol. The van der Waals surface area contributed by atoms with Crippen molar-refractivity contribution < 1.29 is 14.1 Å². The lowest BCUT2D eigenvalue weighted by atomic mass is 9.98. The van der Waals surface area contributed by atoms with Crippen LogP contribution in [0.4, 0.5) is 0 Å². The van der Waals surface area contributed by atoms with Gasteiger partial charge in [-0.1, -0.05) is 39.0 Å². The van der Waals surface area contributed by atoms with Crippen LogP contribution >= 0.6 is 0 Å². The van der Waals surface area contributed by atoms with Crippen LogP contribution in [0.3, 0.4) is 0 Å². The normalized spacial score (nSPS) is 28.4. The van der Waals surface area contributed by atoms with E-state index in [0.29, 0.717) is 12.1 Å². The van der Waals surface area contributed by atoms with Crippen LogP contribution in [-0.2, 0) is 9.53 Å². The average molecular weight is 334 g/mol. The highest BCUT2D eigenvalue weighted by Gasteiger charge is 2.47. The summed E-state index contributed by atoms with van der Waals surface area (Å²) in [4.78, 5) is 12.2. The monoisotopic (exact) mass is 334 g/mol. The van der Waals surface area contributed by atoms with Crippen molar-refractivity contribution in [2.45, 2.75) is 89.8 Å².